The van der Waals surface area contributed by atoms with E-state index in [2.05, 4.69) is 15.3 Å². The third-order valence-corrected chi connectivity index (χ3v) is 3.23. The van der Waals surface area contributed by atoms with Crippen molar-refractivity contribution in [1.29, 1.82) is 0 Å². The van der Waals surface area contributed by atoms with Gasteiger partial charge in [-0.1, -0.05) is 0 Å². The van der Waals surface area contributed by atoms with Gasteiger partial charge in [-0.05, 0) is 19.8 Å². The smallest absolute Gasteiger partial charge is 0.326 e. The second kappa shape index (κ2) is 6.42. The molecule has 7 heteroatoms. The molecule has 0 aliphatic carbocycles. The van der Waals surface area contributed by atoms with Gasteiger partial charge in [0, 0.05) is 18.7 Å². The molecule has 2 unspecified atom stereocenters. The number of carbonyl (C=O) groups excluding carboxylic acids is 1. The maximum absolute atomic E-state index is 12.0. The molecule has 108 valence electrons. The van der Waals surface area contributed by atoms with Gasteiger partial charge in [0.2, 0.25) is 0 Å². The molecular weight excluding hydrogens is 262 g/mol. The Hall–Kier alpha value is -2.02. The van der Waals surface area contributed by atoms with Crippen LogP contribution in [0.5, 0.6) is 0 Å². The van der Waals surface area contributed by atoms with Gasteiger partial charge in [0.15, 0.2) is 0 Å². The van der Waals surface area contributed by atoms with Crippen molar-refractivity contribution in [3.63, 3.8) is 0 Å². The van der Waals surface area contributed by atoms with Crippen LogP contribution < -0.4 is 5.32 Å². The Morgan fingerprint density at radius 2 is 2.25 bits per heavy atom. The first-order valence-corrected chi connectivity index (χ1v) is 6.48. The third-order valence-electron chi connectivity index (χ3n) is 3.23. The predicted octanol–water partition coefficient (Wildman–Crippen LogP) is 0.395. The van der Waals surface area contributed by atoms with E-state index in [1.54, 1.807) is 6.92 Å². The van der Waals surface area contributed by atoms with E-state index in [0.717, 1.165) is 12.8 Å². The van der Waals surface area contributed by atoms with Crippen molar-refractivity contribution in [1.82, 2.24) is 15.3 Å². The fraction of sp³-hybridized carbons (Fsp3) is 0.538. The quantitative estimate of drug-likeness (QED) is 0.827. The standard InChI is InChI=1S/C13H17N3O4/c1-8-5-15-10(6-14-8)12(17)16-11(13(18)19)9-3-2-4-20-7-9/h5-6,9,11H,2-4,7H2,1H3,(H,16,17)(H,18,19). The Labute approximate surface area is 116 Å². The average Bonchev–Trinajstić information content (AvgIpc) is 2.46. The van der Waals surface area contributed by atoms with Crippen molar-refractivity contribution in [2.75, 3.05) is 13.2 Å². The van der Waals surface area contributed by atoms with Gasteiger partial charge in [-0.2, -0.15) is 0 Å². The molecule has 1 saturated heterocycles. The molecule has 2 N–H and O–H groups in total. The highest BCUT2D eigenvalue weighted by Crippen LogP contribution is 2.18. The minimum atomic E-state index is -1.06. The van der Waals surface area contributed by atoms with Crippen LogP contribution in [-0.2, 0) is 9.53 Å². The summed E-state index contributed by atoms with van der Waals surface area (Å²) < 4.78 is 5.27. The SMILES string of the molecule is Cc1cnc(C(=O)NC(C(=O)O)C2CCCOC2)cn1. The maximum Gasteiger partial charge on any atom is 0.326 e. The van der Waals surface area contributed by atoms with E-state index >= 15 is 0 Å². The molecule has 2 atom stereocenters. The number of rotatable bonds is 4. The number of nitrogens with one attached hydrogen (secondary N) is 1. The number of carbonyl (C=O) groups is 2. The van der Waals surface area contributed by atoms with E-state index in [1.807, 2.05) is 0 Å². The number of amides is 1. The molecule has 0 bridgehead atoms. The molecule has 20 heavy (non-hydrogen) atoms. The molecule has 2 rings (SSSR count). The monoisotopic (exact) mass is 279 g/mol. The van der Waals surface area contributed by atoms with E-state index in [9.17, 15) is 14.7 Å². The summed E-state index contributed by atoms with van der Waals surface area (Å²) in [6, 6.07) is -0.967. The molecule has 1 aliphatic rings. The van der Waals surface area contributed by atoms with Crippen LogP contribution in [-0.4, -0.2) is 46.2 Å². The number of aliphatic carboxylic acids is 1. The van der Waals surface area contributed by atoms with Crippen LogP contribution >= 0.6 is 0 Å². The fourth-order valence-electron chi connectivity index (χ4n) is 2.13. The lowest BCUT2D eigenvalue weighted by atomic mass is 9.93. The summed E-state index contributed by atoms with van der Waals surface area (Å²) in [4.78, 5) is 31.2. The molecule has 1 aromatic heterocycles. The third kappa shape index (κ3) is 3.51. The number of aromatic nitrogens is 2. The average molecular weight is 279 g/mol. The van der Waals surface area contributed by atoms with Crippen molar-refractivity contribution in [3.05, 3.63) is 23.8 Å². The van der Waals surface area contributed by atoms with E-state index in [-0.39, 0.29) is 11.6 Å². The zero-order chi connectivity index (χ0) is 14.5. The van der Waals surface area contributed by atoms with Gasteiger partial charge in [-0.3, -0.25) is 9.78 Å². The predicted molar refractivity (Wildman–Crippen MR) is 69.2 cm³/mol. The summed E-state index contributed by atoms with van der Waals surface area (Å²) in [5, 5.41) is 11.8. The minimum absolute atomic E-state index is 0.110. The number of hydrogen-bond donors (Lipinski definition) is 2. The summed E-state index contributed by atoms with van der Waals surface area (Å²) in [6.07, 6.45) is 4.32. The van der Waals surface area contributed by atoms with Crippen LogP contribution in [0.15, 0.2) is 12.4 Å². The molecular formula is C13H17N3O4. The summed E-state index contributed by atoms with van der Waals surface area (Å²) in [6.45, 7) is 2.74. The number of hydrogen-bond acceptors (Lipinski definition) is 5. The van der Waals surface area contributed by atoms with Gasteiger partial charge in [0.05, 0.1) is 18.5 Å². The minimum Gasteiger partial charge on any atom is -0.480 e. The Morgan fingerprint density at radius 3 is 2.80 bits per heavy atom. The second-order valence-corrected chi connectivity index (χ2v) is 4.81. The Morgan fingerprint density at radius 1 is 1.45 bits per heavy atom. The number of aryl methyl sites for hydroxylation is 1. The summed E-state index contributed by atoms with van der Waals surface area (Å²) in [7, 11) is 0. The van der Waals surface area contributed by atoms with E-state index in [1.165, 1.54) is 12.4 Å². The highest BCUT2D eigenvalue weighted by atomic mass is 16.5. The first-order chi connectivity index (χ1) is 9.58. The van der Waals surface area contributed by atoms with Gasteiger partial charge < -0.3 is 15.2 Å². The zero-order valence-corrected chi connectivity index (χ0v) is 11.2. The van der Waals surface area contributed by atoms with Crippen molar-refractivity contribution in [2.24, 2.45) is 5.92 Å². The number of carboxylic acid groups (broad SMARTS) is 1. The van der Waals surface area contributed by atoms with Crippen LogP contribution in [0.2, 0.25) is 0 Å². The number of carboxylic acids is 1. The summed E-state index contributed by atoms with van der Waals surface area (Å²) in [5.41, 5.74) is 0.801. The molecule has 0 aromatic carbocycles. The van der Waals surface area contributed by atoms with Crippen LogP contribution in [0.4, 0.5) is 0 Å². The fourth-order valence-corrected chi connectivity index (χ4v) is 2.13. The Balaban J connectivity index is 2.05. The van der Waals surface area contributed by atoms with Gasteiger partial charge >= 0.3 is 5.97 Å². The van der Waals surface area contributed by atoms with Gasteiger partial charge in [0.1, 0.15) is 11.7 Å². The number of ether oxygens (including phenoxy) is 1. The van der Waals surface area contributed by atoms with Gasteiger partial charge in [-0.15, -0.1) is 0 Å². The maximum atomic E-state index is 12.0. The normalized spacial score (nSPS) is 20.1. The Kier molecular flexibility index (Phi) is 4.62. The highest BCUT2D eigenvalue weighted by molar-refractivity contribution is 5.94. The lowest BCUT2D eigenvalue weighted by Gasteiger charge is -2.27. The van der Waals surface area contributed by atoms with Crippen LogP contribution in [0.1, 0.15) is 29.0 Å². The largest absolute Gasteiger partial charge is 0.480 e. The van der Waals surface area contributed by atoms with E-state index in [0.29, 0.717) is 18.9 Å². The summed E-state index contributed by atoms with van der Waals surface area (Å²) in [5.74, 6) is -1.81. The first kappa shape index (κ1) is 14.4. The Bertz CT molecular complexity index is 483. The summed E-state index contributed by atoms with van der Waals surface area (Å²) >= 11 is 0. The molecule has 0 spiro atoms. The molecule has 0 radical (unpaired) electrons. The van der Waals surface area contributed by atoms with Crippen molar-refractivity contribution in [2.45, 2.75) is 25.8 Å². The zero-order valence-electron chi connectivity index (χ0n) is 11.2. The van der Waals surface area contributed by atoms with E-state index < -0.39 is 17.9 Å². The van der Waals surface area contributed by atoms with Crippen LogP contribution in [0.25, 0.3) is 0 Å². The first-order valence-electron chi connectivity index (χ1n) is 6.48. The van der Waals surface area contributed by atoms with Crippen molar-refractivity contribution >= 4 is 11.9 Å². The lowest BCUT2D eigenvalue weighted by molar-refractivity contribution is -0.142. The van der Waals surface area contributed by atoms with E-state index in [4.69, 9.17) is 4.74 Å². The van der Waals surface area contributed by atoms with Gasteiger partial charge in [-0.25, -0.2) is 9.78 Å². The molecule has 7 nitrogen and oxygen atoms in total. The number of nitrogens with zero attached hydrogens (tertiary/aromatic N) is 2. The van der Waals surface area contributed by atoms with Gasteiger partial charge in [0.25, 0.3) is 5.91 Å². The second-order valence-electron chi connectivity index (χ2n) is 4.81. The molecule has 1 aromatic rings. The molecule has 1 fully saturated rings. The van der Waals surface area contributed by atoms with Crippen molar-refractivity contribution < 1.29 is 19.4 Å². The van der Waals surface area contributed by atoms with Crippen LogP contribution in [0, 0.1) is 12.8 Å². The van der Waals surface area contributed by atoms with Crippen molar-refractivity contribution in [3.8, 4) is 0 Å². The lowest BCUT2D eigenvalue weighted by Crippen LogP contribution is -2.48. The molecule has 1 aliphatic heterocycles. The van der Waals surface area contributed by atoms with Crippen LogP contribution in [0.3, 0.4) is 0 Å². The molecule has 0 saturated carbocycles. The highest BCUT2D eigenvalue weighted by Gasteiger charge is 2.31. The molecule has 1 amide bonds. The molecule has 2 heterocycles. The topological polar surface area (TPSA) is 101 Å².